The molecular formula is C22H47N. The summed E-state index contributed by atoms with van der Waals surface area (Å²) in [4.78, 5) is 0. The third-order valence-electron chi connectivity index (χ3n) is 5.06. The summed E-state index contributed by atoms with van der Waals surface area (Å²) in [6, 6.07) is 0. The highest BCUT2D eigenvalue weighted by atomic mass is 14.5. The third-order valence-corrected chi connectivity index (χ3v) is 5.06. The van der Waals surface area contributed by atoms with Crippen molar-refractivity contribution in [3.63, 3.8) is 0 Å². The molecule has 0 saturated carbocycles. The van der Waals surface area contributed by atoms with E-state index in [-0.39, 0.29) is 0 Å². The highest BCUT2D eigenvalue weighted by molar-refractivity contribution is 4.50. The maximum atomic E-state index is 5.51. The van der Waals surface area contributed by atoms with Crippen molar-refractivity contribution in [2.75, 3.05) is 6.54 Å². The Morgan fingerprint density at radius 2 is 0.565 bits per heavy atom. The number of nitrogens with two attached hydrogens (primary N) is 1. The van der Waals surface area contributed by atoms with Crippen LogP contribution in [0.4, 0.5) is 0 Å². The molecule has 1 heteroatoms. The maximum absolute atomic E-state index is 5.51. The monoisotopic (exact) mass is 325 g/mol. The Labute approximate surface area is 148 Å². The van der Waals surface area contributed by atoms with Gasteiger partial charge in [-0.05, 0) is 13.0 Å². The van der Waals surface area contributed by atoms with Crippen LogP contribution < -0.4 is 5.73 Å². The van der Waals surface area contributed by atoms with Crippen molar-refractivity contribution in [2.45, 2.75) is 135 Å². The van der Waals surface area contributed by atoms with Gasteiger partial charge >= 0.3 is 0 Å². The van der Waals surface area contributed by atoms with Gasteiger partial charge in [0.1, 0.15) is 0 Å². The largest absolute Gasteiger partial charge is 0.330 e. The van der Waals surface area contributed by atoms with Crippen LogP contribution in [0.25, 0.3) is 0 Å². The summed E-state index contributed by atoms with van der Waals surface area (Å²) >= 11 is 0. The van der Waals surface area contributed by atoms with Crippen molar-refractivity contribution in [1.82, 2.24) is 0 Å². The molecule has 0 heterocycles. The Morgan fingerprint density at radius 1 is 0.348 bits per heavy atom. The fourth-order valence-electron chi connectivity index (χ4n) is 3.40. The predicted molar refractivity (Wildman–Crippen MR) is 107 cm³/mol. The fraction of sp³-hybridized carbons (Fsp3) is 1.00. The van der Waals surface area contributed by atoms with Crippen LogP contribution in [0.2, 0.25) is 0 Å². The fourth-order valence-corrected chi connectivity index (χ4v) is 3.40. The van der Waals surface area contributed by atoms with E-state index in [1.165, 1.54) is 128 Å². The second kappa shape index (κ2) is 22.0. The molecule has 2 N–H and O–H groups in total. The second-order valence-corrected chi connectivity index (χ2v) is 7.51. The van der Waals surface area contributed by atoms with E-state index in [0.717, 1.165) is 6.54 Å². The lowest BCUT2D eigenvalue weighted by Crippen LogP contribution is -1.97. The highest BCUT2D eigenvalue weighted by Crippen LogP contribution is 2.14. The average Bonchev–Trinajstić information content (AvgIpc) is 2.57. The van der Waals surface area contributed by atoms with E-state index in [1.54, 1.807) is 0 Å². The quantitative estimate of drug-likeness (QED) is 0.227. The van der Waals surface area contributed by atoms with Gasteiger partial charge in [0, 0.05) is 0 Å². The number of hydrogen-bond acceptors (Lipinski definition) is 1. The van der Waals surface area contributed by atoms with E-state index >= 15 is 0 Å². The van der Waals surface area contributed by atoms with Gasteiger partial charge in [-0.3, -0.25) is 0 Å². The predicted octanol–water partition coefficient (Wildman–Crippen LogP) is 7.77. The minimum Gasteiger partial charge on any atom is -0.330 e. The first-order chi connectivity index (χ1) is 11.4. The molecule has 0 unspecified atom stereocenters. The molecule has 0 aromatic carbocycles. The third kappa shape index (κ3) is 22.0. The van der Waals surface area contributed by atoms with E-state index < -0.39 is 0 Å². The number of rotatable bonds is 20. The van der Waals surface area contributed by atoms with Crippen LogP contribution >= 0.6 is 0 Å². The summed E-state index contributed by atoms with van der Waals surface area (Å²) in [7, 11) is 0. The molecule has 0 aromatic rings. The lowest BCUT2D eigenvalue weighted by atomic mass is 10.0. The molecular weight excluding hydrogens is 278 g/mol. The van der Waals surface area contributed by atoms with E-state index in [1.807, 2.05) is 0 Å². The van der Waals surface area contributed by atoms with Gasteiger partial charge in [-0.1, -0.05) is 129 Å². The Bertz CT molecular complexity index is 170. The van der Waals surface area contributed by atoms with Gasteiger partial charge in [-0.2, -0.15) is 0 Å². The smallest absolute Gasteiger partial charge is 0.00773 e. The van der Waals surface area contributed by atoms with Crippen LogP contribution in [0.5, 0.6) is 0 Å². The van der Waals surface area contributed by atoms with Crippen molar-refractivity contribution < 1.29 is 0 Å². The van der Waals surface area contributed by atoms with Crippen LogP contribution in [0.15, 0.2) is 0 Å². The summed E-state index contributed by atoms with van der Waals surface area (Å²) in [6.07, 6.45) is 28.8. The lowest BCUT2D eigenvalue weighted by molar-refractivity contribution is 0.522. The normalized spacial score (nSPS) is 11.2. The number of hydrogen-bond donors (Lipinski definition) is 1. The zero-order valence-corrected chi connectivity index (χ0v) is 16.4. The SMILES string of the molecule is CCCCCCCCCCCCCCCCCCCCCCN. The van der Waals surface area contributed by atoms with Crippen LogP contribution in [0.3, 0.4) is 0 Å². The van der Waals surface area contributed by atoms with E-state index in [2.05, 4.69) is 6.92 Å². The Morgan fingerprint density at radius 3 is 0.783 bits per heavy atom. The van der Waals surface area contributed by atoms with Crippen LogP contribution in [-0.4, -0.2) is 6.54 Å². The first-order valence-electron chi connectivity index (χ1n) is 11.1. The lowest BCUT2D eigenvalue weighted by Gasteiger charge is -2.04. The van der Waals surface area contributed by atoms with Crippen molar-refractivity contribution in [2.24, 2.45) is 5.73 Å². The van der Waals surface area contributed by atoms with Crippen LogP contribution in [-0.2, 0) is 0 Å². The summed E-state index contributed by atoms with van der Waals surface area (Å²) in [6.45, 7) is 3.17. The van der Waals surface area contributed by atoms with E-state index in [4.69, 9.17) is 5.73 Å². The van der Waals surface area contributed by atoms with E-state index in [9.17, 15) is 0 Å². The molecule has 0 amide bonds. The molecule has 0 rings (SSSR count). The molecule has 0 aliphatic carbocycles. The first kappa shape index (κ1) is 23.0. The van der Waals surface area contributed by atoms with Crippen molar-refractivity contribution >= 4 is 0 Å². The maximum Gasteiger partial charge on any atom is -0.00773 e. The van der Waals surface area contributed by atoms with E-state index in [0.29, 0.717) is 0 Å². The summed E-state index contributed by atoms with van der Waals surface area (Å²) in [5.74, 6) is 0. The highest BCUT2D eigenvalue weighted by Gasteiger charge is 1.95. The van der Waals surface area contributed by atoms with Crippen LogP contribution in [0.1, 0.15) is 135 Å². The molecule has 0 aliphatic rings. The van der Waals surface area contributed by atoms with Crippen molar-refractivity contribution in [3.8, 4) is 0 Å². The van der Waals surface area contributed by atoms with Gasteiger partial charge in [0.2, 0.25) is 0 Å². The first-order valence-corrected chi connectivity index (χ1v) is 11.1. The summed E-state index contributed by atoms with van der Waals surface area (Å²) in [5.41, 5.74) is 5.51. The standard InChI is InChI=1S/C22H47N/c1-2-3-4-5-6-7-8-9-10-11-12-13-14-15-16-17-18-19-20-21-22-23/h2-23H2,1H3. The molecule has 0 aliphatic heterocycles. The number of unbranched alkanes of at least 4 members (excludes halogenated alkanes) is 19. The molecule has 0 radical (unpaired) electrons. The molecule has 0 atom stereocenters. The minimum absolute atomic E-state index is 0.874. The van der Waals surface area contributed by atoms with Gasteiger partial charge in [-0.15, -0.1) is 0 Å². The molecule has 0 aromatic heterocycles. The average molecular weight is 326 g/mol. The molecule has 0 fully saturated rings. The van der Waals surface area contributed by atoms with Gasteiger partial charge in [0.05, 0.1) is 0 Å². The Hall–Kier alpha value is -0.0400. The van der Waals surface area contributed by atoms with Crippen LogP contribution in [0, 0.1) is 0 Å². The molecule has 1 nitrogen and oxygen atoms in total. The molecule has 140 valence electrons. The zero-order valence-electron chi connectivity index (χ0n) is 16.4. The Balaban J connectivity index is 2.92. The molecule has 0 saturated heterocycles. The van der Waals surface area contributed by atoms with Gasteiger partial charge in [0.25, 0.3) is 0 Å². The van der Waals surface area contributed by atoms with Crippen molar-refractivity contribution in [1.29, 1.82) is 0 Å². The summed E-state index contributed by atoms with van der Waals surface area (Å²) < 4.78 is 0. The van der Waals surface area contributed by atoms with Gasteiger partial charge in [-0.25, -0.2) is 0 Å². The minimum atomic E-state index is 0.874. The second-order valence-electron chi connectivity index (χ2n) is 7.51. The molecule has 0 bridgehead atoms. The van der Waals surface area contributed by atoms with Crippen molar-refractivity contribution in [3.05, 3.63) is 0 Å². The molecule has 0 spiro atoms. The Kier molecular flexibility index (Phi) is 21.9. The van der Waals surface area contributed by atoms with Gasteiger partial charge in [0.15, 0.2) is 0 Å². The zero-order chi connectivity index (χ0) is 16.8. The topological polar surface area (TPSA) is 26.0 Å². The van der Waals surface area contributed by atoms with Gasteiger partial charge < -0.3 is 5.73 Å². The molecule has 23 heavy (non-hydrogen) atoms. The summed E-state index contributed by atoms with van der Waals surface area (Å²) in [5, 5.41) is 0.